The maximum absolute atomic E-state index is 11.8. The van der Waals surface area contributed by atoms with E-state index in [1.165, 1.54) is 5.30 Å². The van der Waals surface area contributed by atoms with Crippen molar-refractivity contribution in [2.45, 2.75) is 33.7 Å². The van der Waals surface area contributed by atoms with Gasteiger partial charge in [-0.1, -0.05) is 40.0 Å². The summed E-state index contributed by atoms with van der Waals surface area (Å²) < 4.78 is 0. The van der Waals surface area contributed by atoms with Crippen LogP contribution in [0.15, 0.2) is 24.3 Å². The molecule has 2 amide bonds. The summed E-state index contributed by atoms with van der Waals surface area (Å²) in [4.78, 5) is 11.8. The normalized spacial score (nSPS) is 10.8. The molecule has 0 saturated carbocycles. The molecular formula is C14H23N2OP. The van der Waals surface area contributed by atoms with E-state index in [2.05, 4.69) is 30.5 Å². The van der Waals surface area contributed by atoms with E-state index in [1.54, 1.807) is 0 Å². The first-order valence-electron chi connectivity index (χ1n) is 6.50. The molecule has 18 heavy (non-hydrogen) atoms. The molecule has 0 fully saturated rings. The number of carbonyl (C=O) groups excluding carboxylic acids is 1. The van der Waals surface area contributed by atoms with Crippen LogP contribution in [0.25, 0.3) is 0 Å². The molecule has 1 aromatic rings. The highest BCUT2D eigenvalue weighted by molar-refractivity contribution is 7.65. The number of hydrogen-bond acceptors (Lipinski definition) is 1. The van der Waals surface area contributed by atoms with E-state index in [0.29, 0.717) is 0 Å². The van der Waals surface area contributed by atoms with Gasteiger partial charge < -0.3 is 10.6 Å². The molecule has 0 aliphatic carbocycles. The Morgan fingerprint density at radius 3 is 2.39 bits per heavy atom. The van der Waals surface area contributed by atoms with Gasteiger partial charge in [-0.3, -0.25) is 0 Å². The zero-order valence-corrected chi connectivity index (χ0v) is 12.6. The van der Waals surface area contributed by atoms with Crippen LogP contribution >= 0.6 is 7.92 Å². The number of urea groups is 1. The first-order chi connectivity index (χ1) is 8.58. The predicted molar refractivity (Wildman–Crippen MR) is 81.4 cm³/mol. The lowest BCUT2D eigenvalue weighted by molar-refractivity contribution is 0.250. The monoisotopic (exact) mass is 266 g/mol. The third-order valence-corrected chi connectivity index (χ3v) is 5.27. The fourth-order valence-electron chi connectivity index (χ4n) is 1.84. The Morgan fingerprint density at radius 2 is 1.83 bits per heavy atom. The van der Waals surface area contributed by atoms with Crippen LogP contribution in [-0.4, -0.2) is 24.4 Å². The van der Waals surface area contributed by atoms with Crippen molar-refractivity contribution in [3.8, 4) is 0 Å². The maximum Gasteiger partial charge on any atom is 0.319 e. The van der Waals surface area contributed by atoms with Gasteiger partial charge in [0.2, 0.25) is 0 Å². The Hall–Kier alpha value is -1.08. The van der Waals surface area contributed by atoms with E-state index in [9.17, 15) is 4.79 Å². The summed E-state index contributed by atoms with van der Waals surface area (Å²) in [5, 5.41) is 7.10. The van der Waals surface area contributed by atoms with E-state index >= 15 is 0 Å². The lowest BCUT2D eigenvalue weighted by Crippen LogP contribution is -2.35. The van der Waals surface area contributed by atoms with E-state index in [4.69, 9.17) is 0 Å². The lowest BCUT2D eigenvalue weighted by atomic mass is 10.3. The summed E-state index contributed by atoms with van der Waals surface area (Å²) in [5.41, 5.74) is 0.950. The molecule has 0 spiro atoms. The minimum absolute atomic E-state index is 0.125. The zero-order valence-electron chi connectivity index (χ0n) is 11.7. The highest BCUT2D eigenvalue weighted by Gasteiger charge is 2.12. The van der Waals surface area contributed by atoms with Crippen molar-refractivity contribution in [3.05, 3.63) is 24.3 Å². The van der Waals surface area contributed by atoms with Crippen molar-refractivity contribution in [2.75, 3.05) is 17.6 Å². The second kappa shape index (κ2) is 7.38. The molecular weight excluding hydrogens is 243 g/mol. The van der Waals surface area contributed by atoms with Gasteiger partial charge in [0.1, 0.15) is 0 Å². The number of rotatable bonds is 5. The summed E-state index contributed by atoms with van der Waals surface area (Å²) in [7, 11) is -0.166. The number of anilines is 1. The third-order valence-electron chi connectivity index (χ3n) is 2.68. The second-order valence-corrected chi connectivity index (χ2v) is 7.27. The molecule has 1 aromatic carbocycles. The average Bonchev–Trinajstić information content (AvgIpc) is 2.31. The molecule has 0 aromatic heterocycles. The molecule has 0 saturated heterocycles. The number of amides is 2. The van der Waals surface area contributed by atoms with Gasteiger partial charge in [0.15, 0.2) is 0 Å². The van der Waals surface area contributed by atoms with E-state index in [1.807, 2.05) is 32.0 Å². The molecule has 100 valence electrons. The van der Waals surface area contributed by atoms with Crippen LogP contribution in [0, 0.1) is 0 Å². The second-order valence-electron chi connectivity index (χ2n) is 4.44. The van der Waals surface area contributed by atoms with Gasteiger partial charge in [0, 0.05) is 6.04 Å². The van der Waals surface area contributed by atoms with E-state index < -0.39 is 0 Å². The summed E-state index contributed by atoms with van der Waals surface area (Å²) in [6, 6.07) is 8.14. The molecule has 2 N–H and O–H groups in total. The van der Waals surface area contributed by atoms with Gasteiger partial charge >= 0.3 is 6.03 Å². The molecule has 3 nitrogen and oxygen atoms in total. The van der Waals surface area contributed by atoms with Crippen LogP contribution in [0.3, 0.4) is 0 Å². The first kappa shape index (κ1) is 15.0. The standard InChI is InChI=1S/C14H23N2OP/c1-5-18(6-2)13-10-8-7-9-12(13)16-14(17)15-11(3)4/h7-11H,5-6H2,1-4H3,(H2,15,16,17). The van der Waals surface area contributed by atoms with Gasteiger partial charge in [-0.05, 0) is 37.5 Å². The quantitative estimate of drug-likeness (QED) is 0.788. The maximum atomic E-state index is 11.8. The minimum atomic E-state index is -0.166. The number of para-hydroxylation sites is 1. The number of benzene rings is 1. The van der Waals surface area contributed by atoms with Crippen molar-refractivity contribution in [3.63, 3.8) is 0 Å². The average molecular weight is 266 g/mol. The van der Waals surface area contributed by atoms with Crippen LogP contribution in [0.1, 0.15) is 27.7 Å². The fourth-order valence-corrected chi connectivity index (χ4v) is 3.74. The Morgan fingerprint density at radius 1 is 1.22 bits per heavy atom. The molecule has 0 unspecified atom stereocenters. The minimum Gasteiger partial charge on any atom is -0.336 e. The molecule has 0 aliphatic rings. The Bertz CT molecular complexity index is 389. The molecule has 4 heteroatoms. The highest BCUT2D eigenvalue weighted by Crippen LogP contribution is 2.35. The fraction of sp³-hybridized carbons (Fsp3) is 0.500. The Balaban J connectivity index is 2.85. The van der Waals surface area contributed by atoms with Gasteiger partial charge in [-0.15, -0.1) is 0 Å². The van der Waals surface area contributed by atoms with Crippen molar-refractivity contribution in [1.29, 1.82) is 0 Å². The summed E-state index contributed by atoms with van der Waals surface area (Å²) >= 11 is 0. The van der Waals surface area contributed by atoms with Gasteiger partial charge in [0.05, 0.1) is 5.69 Å². The van der Waals surface area contributed by atoms with Crippen LogP contribution < -0.4 is 15.9 Å². The van der Waals surface area contributed by atoms with E-state index in [-0.39, 0.29) is 20.0 Å². The van der Waals surface area contributed by atoms with Crippen molar-refractivity contribution >= 4 is 24.9 Å². The van der Waals surface area contributed by atoms with Crippen LogP contribution in [0.5, 0.6) is 0 Å². The summed E-state index contributed by atoms with van der Waals surface area (Å²) in [6.45, 7) is 8.33. The van der Waals surface area contributed by atoms with Crippen LogP contribution in [0.2, 0.25) is 0 Å². The van der Waals surface area contributed by atoms with Gasteiger partial charge in [-0.2, -0.15) is 0 Å². The smallest absolute Gasteiger partial charge is 0.319 e. The lowest BCUT2D eigenvalue weighted by Gasteiger charge is -2.19. The molecule has 0 heterocycles. The SMILES string of the molecule is CCP(CC)c1ccccc1NC(=O)NC(C)C. The number of hydrogen-bond donors (Lipinski definition) is 2. The Labute approximate surface area is 111 Å². The van der Waals surface area contributed by atoms with Gasteiger partial charge in [0.25, 0.3) is 0 Å². The van der Waals surface area contributed by atoms with Crippen molar-refractivity contribution in [2.24, 2.45) is 0 Å². The van der Waals surface area contributed by atoms with Gasteiger partial charge in [-0.25, -0.2) is 4.79 Å². The molecule has 0 radical (unpaired) electrons. The predicted octanol–water partition coefficient (Wildman–Crippen LogP) is 3.36. The summed E-state index contributed by atoms with van der Waals surface area (Å²) in [5.74, 6) is 0. The van der Waals surface area contributed by atoms with Crippen LogP contribution in [0.4, 0.5) is 10.5 Å². The molecule has 0 aliphatic heterocycles. The largest absolute Gasteiger partial charge is 0.336 e. The number of carbonyl (C=O) groups is 1. The zero-order chi connectivity index (χ0) is 13.5. The topological polar surface area (TPSA) is 41.1 Å². The van der Waals surface area contributed by atoms with Crippen molar-refractivity contribution < 1.29 is 4.79 Å². The highest BCUT2D eigenvalue weighted by atomic mass is 31.1. The molecule has 0 bridgehead atoms. The first-order valence-corrected chi connectivity index (χ1v) is 8.21. The Kier molecular flexibility index (Phi) is 6.14. The molecule has 1 rings (SSSR count). The van der Waals surface area contributed by atoms with Crippen LogP contribution in [-0.2, 0) is 0 Å². The summed E-state index contributed by atoms with van der Waals surface area (Å²) in [6.07, 6.45) is 2.30. The number of nitrogens with one attached hydrogen (secondary N) is 2. The third kappa shape index (κ3) is 4.30. The van der Waals surface area contributed by atoms with Crippen molar-refractivity contribution in [1.82, 2.24) is 5.32 Å². The molecule has 0 atom stereocenters. The van der Waals surface area contributed by atoms with E-state index in [0.717, 1.165) is 18.0 Å².